The van der Waals surface area contributed by atoms with Crippen molar-refractivity contribution in [2.24, 2.45) is 0 Å². The average Bonchev–Trinajstić information content (AvgIpc) is 2.40. The molecule has 0 spiro atoms. The normalized spacial score (nSPS) is 14.2. The van der Waals surface area contributed by atoms with E-state index < -0.39 is 16.4 Å². The lowest BCUT2D eigenvalue weighted by Gasteiger charge is -2.42. The highest BCUT2D eigenvalue weighted by atomic mass is 28.4. The second-order valence-corrected chi connectivity index (χ2v) is 20.5. The lowest BCUT2D eigenvalue weighted by molar-refractivity contribution is 0.112. The molecule has 0 aliphatic rings. The van der Waals surface area contributed by atoms with Gasteiger partial charge in [0.25, 0.3) is 0 Å². The summed E-state index contributed by atoms with van der Waals surface area (Å²) in [6.07, 6.45) is 3.54. The van der Waals surface area contributed by atoms with Gasteiger partial charge in [0, 0.05) is 27.5 Å². The molecule has 2 nitrogen and oxygen atoms in total. The van der Waals surface area contributed by atoms with Crippen LogP contribution in [0.1, 0.15) is 54.4 Å². The van der Waals surface area contributed by atoms with E-state index in [0.29, 0.717) is 16.6 Å². The van der Waals surface area contributed by atoms with Gasteiger partial charge in [-0.25, -0.2) is 0 Å². The van der Waals surface area contributed by atoms with E-state index in [9.17, 15) is 0 Å². The molecule has 0 aliphatic heterocycles. The molecule has 0 radical (unpaired) electrons. The van der Waals surface area contributed by atoms with Crippen LogP contribution in [0.25, 0.3) is 0 Å². The van der Waals surface area contributed by atoms with Crippen LogP contribution in [0, 0.1) is 0 Å². The van der Waals surface area contributed by atoms with Crippen LogP contribution in [0.5, 0.6) is 0 Å². The molecule has 0 fully saturated rings. The zero-order valence-electron chi connectivity index (χ0n) is 18.4. The van der Waals surface area contributed by atoms with Gasteiger partial charge in [-0.05, 0) is 22.7 Å². The van der Waals surface area contributed by atoms with E-state index in [1.165, 1.54) is 5.57 Å². The fraction of sp³-hybridized carbons (Fsp3) is 0.810. The first-order chi connectivity index (χ1) is 11.4. The molecular weight excluding hydrogens is 340 g/mol. The second kappa shape index (κ2) is 10.7. The minimum Gasteiger partial charge on any atom is -0.498 e. The monoisotopic (exact) mass is 384 g/mol. The molecule has 0 N–H and O–H groups in total. The number of rotatable bonds is 13. The van der Waals surface area contributed by atoms with E-state index in [1.807, 2.05) is 0 Å². The van der Waals surface area contributed by atoms with E-state index >= 15 is 0 Å². The average molecular weight is 385 g/mol. The fourth-order valence-electron chi connectivity index (χ4n) is 4.37. The molecule has 0 rings (SSSR count). The summed E-state index contributed by atoms with van der Waals surface area (Å²) >= 11 is 0. The van der Waals surface area contributed by atoms with Crippen molar-refractivity contribution >= 4 is 16.4 Å². The van der Waals surface area contributed by atoms with E-state index in [-0.39, 0.29) is 6.10 Å². The molecule has 0 heterocycles. The predicted octanol–water partition coefficient (Wildman–Crippen LogP) is 7.38. The Morgan fingerprint density at radius 2 is 1.44 bits per heavy atom. The third kappa shape index (κ3) is 8.27. The van der Waals surface area contributed by atoms with Gasteiger partial charge in [-0.2, -0.15) is 0 Å². The summed E-state index contributed by atoms with van der Waals surface area (Å²) < 4.78 is 12.5. The number of hydrogen-bond acceptors (Lipinski definition) is 2. The molecule has 0 saturated heterocycles. The van der Waals surface area contributed by atoms with E-state index in [2.05, 4.69) is 74.3 Å². The zero-order chi connectivity index (χ0) is 19.8. The maximum atomic E-state index is 6.68. The summed E-state index contributed by atoms with van der Waals surface area (Å²) in [7, 11) is -2.91. The van der Waals surface area contributed by atoms with Crippen molar-refractivity contribution in [2.45, 2.75) is 103 Å². The standard InChI is InChI=1S/C21H44O2Si2/c1-12-22-21(15-20(8)16-24(9,10)11)13-14-23-25(17(2)3,18(4)5)19(6)7/h12,17-19,21H,1,8,13-16H2,2-7,9-11H3/t21-/m0/s1. The Hall–Kier alpha value is -0.326. The summed E-state index contributed by atoms with van der Waals surface area (Å²) in [5, 5.41) is 0. The van der Waals surface area contributed by atoms with Crippen molar-refractivity contribution in [3.8, 4) is 0 Å². The largest absolute Gasteiger partial charge is 0.498 e. The van der Waals surface area contributed by atoms with Gasteiger partial charge >= 0.3 is 0 Å². The van der Waals surface area contributed by atoms with Gasteiger partial charge in [-0.3, -0.25) is 0 Å². The van der Waals surface area contributed by atoms with Gasteiger partial charge in [0.05, 0.1) is 6.26 Å². The molecule has 1 atom stereocenters. The first-order valence-electron chi connectivity index (χ1n) is 9.93. The molecule has 0 aromatic carbocycles. The molecule has 0 bridgehead atoms. The van der Waals surface area contributed by atoms with Gasteiger partial charge in [0.1, 0.15) is 6.10 Å². The zero-order valence-corrected chi connectivity index (χ0v) is 20.4. The summed E-state index contributed by atoms with van der Waals surface area (Å²) in [6, 6.07) is 1.16. The Labute approximate surface area is 160 Å². The smallest absolute Gasteiger partial charge is 0.200 e. The van der Waals surface area contributed by atoms with Gasteiger partial charge in [0.15, 0.2) is 8.32 Å². The van der Waals surface area contributed by atoms with Crippen LogP contribution in [0.4, 0.5) is 0 Å². The maximum Gasteiger partial charge on any atom is 0.200 e. The number of hydrogen-bond donors (Lipinski definition) is 0. The van der Waals surface area contributed by atoms with Gasteiger partial charge in [0.2, 0.25) is 0 Å². The van der Waals surface area contributed by atoms with Crippen LogP contribution < -0.4 is 0 Å². The third-order valence-corrected chi connectivity index (χ3v) is 12.8. The van der Waals surface area contributed by atoms with Gasteiger partial charge in [-0.1, -0.05) is 73.3 Å². The van der Waals surface area contributed by atoms with Crippen molar-refractivity contribution < 1.29 is 9.16 Å². The third-order valence-electron chi connectivity index (χ3n) is 5.08. The van der Waals surface area contributed by atoms with Gasteiger partial charge in [-0.15, -0.1) is 6.58 Å². The molecule has 0 unspecified atom stereocenters. The first-order valence-corrected chi connectivity index (χ1v) is 15.8. The summed E-state index contributed by atoms with van der Waals surface area (Å²) in [6.45, 7) is 30.0. The Kier molecular flexibility index (Phi) is 10.6. The Morgan fingerprint density at radius 1 is 0.960 bits per heavy atom. The topological polar surface area (TPSA) is 18.5 Å². The summed E-state index contributed by atoms with van der Waals surface area (Å²) in [4.78, 5) is 0. The van der Waals surface area contributed by atoms with Crippen molar-refractivity contribution in [1.29, 1.82) is 0 Å². The fourth-order valence-corrected chi connectivity index (χ4v) is 11.5. The summed E-state index contributed by atoms with van der Waals surface area (Å²) in [5.41, 5.74) is 3.17. The van der Waals surface area contributed by atoms with Crippen LogP contribution in [0.15, 0.2) is 25.0 Å². The lowest BCUT2D eigenvalue weighted by atomic mass is 10.1. The second-order valence-electron chi connectivity index (χ2n) is 9.57. The molecule has 0 aliphatic carbocycles. The van der Waals surface area contributed by atoms with Crippen molar-refractivity contribution in [1.82, 2.24) is 0 Å². The minimum absolute atomic E-state index is 0.138. The molecule has 0 aromatic heterocycles. The highest BCUT2D eigenvalue weighted by molar-refractivity contribution is 6.77. The molecule has 148 valence electrons. The maximum absolute atomic E-state index is 6.68. The van der Waals surface area contributed by atoms with Crippen molar-refractivity contribution in [3.63, 3.8) is 0 Å². The minimum atomic E-state index is -1.79. The predicted molar refractivity (Wildman–Crippen MR) is 119 cm³/mol. The van der Waals surface area contributed by atoms with Gasteiger partial charge < -0.3 is 9.16 Å². The van der Waals surface area contributed by atoms with E-state index in [4.69, 9.17) is 9.16 Å². The molecule has 0 saturated carbocycles. The molecule has 25 heavy (non-hydrogen) atoms. The van der Waals surface area contributed by atoms with Crippen LogP contribution in [0.3, 0.4) is 0 Å². The molecular formula is C21H44O2Si2. The van der Waals surface area contributed by atoms with E-state index in [1.54, 1.807) is 6.26 Å². The van der Waals surface area contributed by atoms with E-state index in [0.717, 1.165) is 25.5 Å². The quantitative estimate of drug-likeness (QED) is 0.187. The molecule has 0 amide bonds. The van der Waals surface area contributed by atoms with Crippen LogP contribution >= 0.6 is 0 Å². The molecule has 0 aromatic rings. The number of ether oxygens (including phenoxy) is 1. The van der Waals surface area contributed by atoms with Crippen molar-refractivity contribution in [3.05, 3.63) is 25.0 Å². The molecule has 4 heteroatoms. The Morgan fingerprint density at radius 3 is 1.80 bits per heavy atom. The first kappa shape index (κ1) is 24.7. The lowest BCUT2D eigenvalue weighted by Crippen LogP contribution is -2.48. The highest BCUT2D eigenvalue weighted by Crippen LogP contribution is 2.42. The van der Waals surface area contributed by atoms with Crippen molar-refractivity contribution in [2.75, 3.05) is 6.61 Å². The van der Waals surface area contributed by atoms with Crippen LogP contribution in [-0.4, -0.2) is 29.1 Å². The SMILES string of the molecule is C=CO[C@@H](CCO[Si](C(C)C)(C(C)C)C(C)C)CC(=C)C[Si](C)(C)C. The van der Waals surface area contributed by atoms with Crippen LogP contribution in [0.2, 0.25) is 42.3 Å². The summed E-state index contributed by atoms with van der Waals surface area (Å²) in [5.74, 6) is 0. The Bertz CT molecular complexity index is 387. The van der Waals surface area contributed by atoms with Crippen LogP contribution in [-0.2, 0) is 9.16 Å². The Balaban J connectivity index is 4.84. The highest BCUT2D eigenvalue weighted by Gasteiger charge is 2.44.